The Bertz CT molecular complexity index is 830. The lowest BCUT2D eigenvalue weighted by Gasteiger charge is -2.11. The van der Waals surface area contributed by atoms with Crippen molar-refractivity contribution in [3.05, 3.63) is 83.9 Å². The van der Waals surface area contributed by atoms with Gasteiger partial charge < -0.3 is 10.6 Å². The zero-order valence-corrected chi connectivity index (χ0v) is 17.4. The molecule has 3 rings (SSSR count). The van der Waals surface area contributed by atoms with E-state index in [2.05, 4.69) is 20.7 Å². The van der Waals surface area contributed by atoms with Crippen molar-refractivity contribution in [3.63, 3.8) is 0 Å². The van der Waals surface area contributed by atoms with Crippen molar-refractivity contribution in [3.8, 4) is 5.69 Å². The maximum Gasteiger partial charge on any atom is 0.191 e. The van der Waals surface area contributed by atoms with Gasteiger partial charge in [-0.15, -0.1) is 24.0 Å². The predicted molar refractivity (Wildman–Crippen MR) is 117 cm³/mol. The molecule has 0 aliphatic rings. The van der Waals surface area contributed by atoms with Gasteiger partial charge in [-0.1, -0.05) is 24.3 Å². The van der Waals surface area contributed by atoms with Crippen LogP contribution in [0.2, 0.25) is 0 Å². The molecule has 0 aliphatic carbocycles. The first-order chi connectivity index (χ1) is 12.7. The SMILES string of the molecule is CCNC(=NCc1ccc(-n2cccn2)cc1)NCc1ccc(F)cc1.I. The van der Waals surface area contributed by atoms with Crippen molar-refractivity contribution in [2.45, 2.75) is 20.0 Å². The predicted octanol–water partition coefficient (Wildman–Crippen LogP) is 3.88. The summed E-state index contributed by atoms with van der Waals surface area (Å²) in [7, 11) is 0. The summed E-state index contributed by atoms with van der Waals surface area (Å²) in [6, 6.07) is 16.5. The van der Waals surface area contributed by atoms with Crippen LogP contribution in [0, 0.1) is 5.82 Å². The van der Waals surface area contributed by atoms with Crippen LogP contribution in [-0.2, 0) is 13.1 Å². The summed E-state index contributed by atoms with van der Waals surface area (Å²) in [5.41, 5.74) is 3.13. The number of aromatic nitrogens is 2. The van der Waals surface area contributed by atoms with Crippen LogP contribution < -0.4 is 10.6 Å². The molecule has 2 aromatic carbocycles. The summed E-state index contributed by atoms with van der Waals surface area (Å²) in [6.07, 6.45) is 3.67. The first-order valence-electron chi connectivity index (χ1n) is 8.60. The minimum Gasteiger partial charge on any atom is -0.357 e. The molecule has 1 heterocycles. The molecule has 7 heteroatoms. The van der Waals surface area contributed by atoms with Crippen LogP contribution in [0.1, 0.15) is 18.1 Å². The van der Waals surface area contributed by atoms with Gasteiger partial charge in [-0.2, -0.15) is 5.10 Å². The van der Waals surface area contributed by atoms with Crippen molar-refractivity contribution in [1.29, 1.82) is 0 Å². The Morgan fingerprint density at radius 3 is 2.37 bits per heavy atom. The van der Waals surface area contributed by atoms with E-state index in [9.17, 15) is 4.39 Å². The van der Waals surface area contributed by atoms with E-state index in [4.69, 9.17) is 0 Å². The molecule has 5 nitrogen and oxygen atoms in total. The van der Waals surface area contributed by atoms with Crippen LogP contribution in [0.25, 0.3) is 5.69 Å². The van der Waals surface area contributed by atoms with Crippen LogP contribution in [-0.4, -0.2) is 22.3 Å². The fourth-order valence-electron chi connectivity index (χ4n) is 2.48. The van der Waals surface area contributed by atoms with Crippen LogP contribution in [0.5, 0.6) is 0 Å². The molecule has 1 aromatic heterocycles. The molecule has 0 amide bonds. The second-order valence-electron chi connectivity index (χ2n) is 5.79. The highest BCUT2D eigenvalue weighted by molar-refractivity contribution is 14.0. The highest BCUT2D eigenvalue weighted by atomic mass is 127. The molecule has 0 spiro atoms. The maximum atomic E-state index is 13.0. The monoisotopic (exact) mass is 479 g/mol. The van der Waals surface area contributed by atoms with Crippen LogP contribution in [0.15, 0.2) is 72.0 Å². The number of benzene rings is 2. The lowest BCUT2D eigenvalue weighted by molar-refractivity contribution is 0.626. The van der Waals surface area contributed by atoms with Crippen molar-refractivity contribution in [1.82, 2.24) is 20.4 Å². The second kappa shape index (κ2) is 10.7. The van der Waals surface area contributed by atoms with Gasteiger partial charge in [0.15, 0.2) is 5.96 Å². The Morgan fingerprint density at radius 2 is 1.74 bits per heavy atom. The third kappa shape index (κ3) is 6.35. The average molecular weight is 479 g/mol. The van der Waals surface area contributed by atoms with Gasteiger partial charge >= 0.3 is 0 Å². The molecule has 0 saturated heterocycles. The lowest BCUT2D eigenvalue weighted by Crippen LogP contribution is -2.36. The van der Waals surface area contributed by atoms with Crippen molar-refractivity contribution in [2.24, 2.45) is 4.99 Å². The number of aliphatic imine (C=N–C) groups is 1. The molecule has 0 unspecified atom stereocenters. The third-order valence-electron chi connectivity index (χ3n) is 3.84. The van der Waals surface area contributed by atoms with Gasteiger partial charge in [-0.25, -0.2) is 14.1 Å². The smallest absolute Gasteiger partial charge is 0.191 e. The number of guanidine groups is 1. The molecular weight excluding hydrogens is 456 g/mol. The summed E-state index contributed by atoms with van der Waals surface area (Å²) in [5.74, 6) is 0.501. The molecule has 0 fully saturated rings. The Labute approximate surface area is 175 Å². The molecule has 0 saturated carbocycles. The summed E-state index contributed by atoms with van der Waals surface area (Å²) in [5, 5.41) is 10.7. The van der Waals surface area contributed by atoms with Crippen molar-refractivity contribution < 1.29 is 4.39 Å². The van der Waals surface area contributed by atoms with E-state index in [0.29, 0.717) is 13.1 Å². The minimum atomic E-state index is -0.229. The molecule has 0 bridgehead atoms. The number of hydrogen-bond acceptors (Lipinski definition) is 2. The Balaban J connectivity index is 0.00000261. The van der Waals surface area contributed by atoms with Crippen molar-refractivity contribution in [2.75, 3.05) is 6.54 Å². The molecule has 3 aromatic rings. The minimum absolute atomic E-state index is 0. The fourth-order valence-corrected chi connectivity index (χ4v) is 2.48. The largest absolute Gasteiger partial charge is 0.357 e. The summed E-state index contributed by atoms with van der Waals surface area (Å²) >= 11 is 0. The number of nitrogens with zero attached hydrogens (tertiary/aromatic N) is 3. The van der Waals surface area contributed by atoms with Gasteiger partial charge in [0.1, 0.15) is 5.82 Å². The van der Waals surface area contributed by atoms with Gasteiger partial charge in [-0.05, 0) is 48.4 Å². The van der Waals surface area contributed by atoms with E-state index >= 15 is 0 Å². The highest BCUT2D eigenvalue weighted by Crippen LogP contribution is 2.09. The Hall–Kier alpha value is -2.42. The molecule has 0 atom stereocenters. The lowest BCUT2D eigenvalue weighted by atomic mass is 10.2. The van der Waals surface area contributed by atoms with E-state index in [-0.39, 0.29) is 29.8 Å². The average Bonchev–Trinajstić information content (AvgIpc) is 3.20. The van der Waals surface area contributed by atoms with E-state index in [1.54, 1.807) is 18.3 Å². The number of halogens is 2. The van der Waals surface area contributed by atoms with Crippen LogP contribution >= 0.6 is 24.0 Å². The Morgan fingerprint density at radius 1 is 1.04 bits per heavy atom. The number of rotatable bonds is 6. The van der Waals surface area contributed by atoms with E-state index in [1.807, 2.05) is 48.1 Å². The van der Waals surface area contributed by atoms with E-state index in [0.717, 1.165) is 29.3 Å². The highest BCUT2D eigenvalue weighted by Gasteiger charge is 2.00. The fraction of sp³-hybridized carbons (Fsp3) is 0.200. The van der Waals surface area contributed by atoms with E-state index < -0.39 is 0 Å². The standard InChI is InChI=1S/C20H22FN5.HI/c1-2-22-20(23-14-16-4-8-18(21)9-5-16)24-15-17-6-10-19(11-7-17)26-13-3-12-25-26;/h3-13H,2,14-15H2,1H3,(H2,22,23,24);1H. The maximum absolute atomic E-state index is 13.0. The van der Waals surface area contributed by atoms with Gasteiger partial charge in [-0.3, -0.25) is 0 Å². The normalized spacial score (nSPS) is 11.0. The number of nitrogens with one attached hydrogen (secondary N) is 2. The van der Waals surface area contributed by atoms with Gasteiger partial charge in [0.2, 0.25) is 0 Å². The molecule has 0 radical (unpaired) electrons. The van der Waals surface area contributed by atoms with Crippen LogP contribution in [0.3, 0.4) is 0 Å². The quantitative estimate of drug-likeness (QED) is 0.321. The molecule has 27 heavy (non-hydrogen) atoms. The summed E-state index contributed by atoms with van der Waals surface area (Å²) in [4.78, 5) is 4.61. The van der Waals surface area contributed by atoms with Gasteiger partial charge in [0, 0.05) is 25.5 Å². The first-order valence-corrected chi connectivity index (χ1v) is 8.60. The van der Waals surface area contributed by atoms with Crippen LogP contribution in [0.4, 0.5) is 4.39 Å². The first kappa shape index (κ1) is 20.9. The molecule has 142 valence electrons. The number of hydrogen-bond donors (Lipinski definition) is 2. The van der Waals surface area contributed by atoms with Gasteiger partial charge in [0.05, 0.1) is 12.2 Å². The molecule has 2 N–H and O–H groups in total. The van der Waals surface area contributed by atoms with Gasteiger partial charge in [0.25, 0.3) is 0 Å². The van der Waals surface area contributed by atoms with Crippen molar-refractivity contribution >= 4 is 29.9 Å². The molecule has 0 aliphatic heterocycles. The summed E-state index contributed by atoms with van der Waals surface area (Å²) < 4.78 is 14.8. The zero-order valence-electron chi connectivity index (χ0n) is 15.1. The zero-order chi connectivity index (χ0) is 18.2. The molecular formula is C20H23FIN5. The third-order valence-corrected chi connectivity index (χ3v) is 3.84. The second-order valence-corrected chi connectivity index (χ2v) is 5.79. The van der Waals surface area contributed by atoms with E-state index in [1.165, 1.54) is 12.1 Å². The Kier molecular flexibility index (Phi) is 8.25. The topological polar surface area (TPSA) is 54.2 Å². The summed E-state index contributed by atoms with van der Waals surface area (Å²) in [6.45, 7) is 3.95.